The highest BCUT2D eigenvalue weighted by Gasteiger charge is 2.53. The van der Waals surface area contributed by atoms with Crippen molar-refractivity contribution >= 4 is 11.6 Å². The van der Waals surface area contributed by atoms with Crippen LogP contribution in [0.5, 0.6) is 0 Å². The Kier molecular flexibility index (Phi) is 4.44. The van der Waals surface area contributed by atoms with Crippen molar-refractivity contribution in [1.29, 1.82) is 0 Å². The van der Waals surface area contributed by atoms with Crippen molar-refractivity contribution in [3.05, 3.63) is 12.7 Å². The molecule has 0 aromatic carbocycles. The molecule has 0 aromatic rings. The second-order valence-corrected chi connectivity index (χ2v) is 6.10. The van der Waals surface area contributed by atoms with Gasteiger partial charge in [-0.1, -0.05) is 33.8 Å². The van der Waals surface area contributed by atoms with Gasteiger partial charge in [-0.15, -0.1) is 18.2 Å². The van der Waals surface area contributed by atoms with Gasteiger partial charge >= 0.3 is 0 Å². The standard InChI is InChI=1S/C13H23ClO2/c1-6-13(14)11(15)10(7-8(2)3)16-12(13)9(4)5/h6,8-12,15H,1,7H2,2-5H3/t10-,11-,12+,13-/m1/s1. The third-order valence-corrected chi connectivity index (χ3v) is 3.78. The maximum absolute atomic E-state index is 10.2. The van der Waals surface area contributed by atoms with E-state index in [4.69, 9.17) is 16.3 Å². The molecule has 0 saturated carbocycles. The fourth-order valence-corrected chi connectivity index (χ4v) is 2.82. The normalized spacial score (nSPS) is 39.6. The molecule has 0 amide bonds. The van der Waals surface area contributed by atoms with Crippen molar-refractivity contribution in [2.75, 3.05) is 0 Å². The van der Waals surface area contributed by atoms with Gasteiger partial charge in [0.05, 0.1) is 12.2 Å². The molecule has 3 heteroatoms. The predicted molar refractivity (Wildman–Crippen MR) is 67.7 cm³/mol. The predicted octanol–water partition coefficient (Wildman–Crippen LogP) is 2.98. The average Bonchev–Trinajstić information content (AvgIpc) is 2.43. The molecule has 94 valence electrons. The Morgan fingerprint density at radius 1 is 1.44 bits per heavy atom. The summed E-state index contributed by atoms with van der Waals surface area (Å²) >= 11 is 6.45. The Hall–Kier alpha value is -0.0500. The van der Waals surface area contributed by atoms with Crippen molar-refractivity contribution in [1.82, 2.24) is 0 Å². The van der Waals surface area contributed by atoms with Gasteiger partial charge in [0.25, 0.3) is 0 Å². The zero-order chi connectivity index (χ0) is 12.5. The third-order valence-electron chi connectivity index (χ3n) is 3.19. The summed E-state index contributed by atoms with van der Waals surface area (Å²) in [6, 6.07) is 0. The monoisotopic (exact) mass is 246 g/mol. The number of hydrogen-bond donors (Lipinski definition) is 1. The molecule has 1 N–H and O–H groups in total. The Morgan fingerprint density at radius 2 is 2.00 bits per heavy atom. The van der Waals surface area contributed by atoms with E-state index in [-0.39, 0.29) is 18.1 Å². The topological polar surface area (TPSA) is 29.5 Å². The quantitative estimate of drug-likeness (QED) is 0.611. The smallest absolute Gasteiger partial charge is 0.117 e. The molecule has 16 heavy (non-hydrogen) atoms. The summed E-state index contributed by atoms with van der Waals surface area (Å²) in [5, 5.41) is 10.2. The number of aliphatic hydroxyl groups is 1. The fraction of sp³-hybridized carbons (Fsp3) is 0.846. The maximum Gasteiger partial charge on any atom is 0.117 e. The molecule has 0 aromatic heterocycles. The first-order valence-corrected chi connectivity index (χ1v) is 6.36. The molecule has 0 unspecified atom stereocenters. The van der Waals surface area contributed by atoms with E-state index in [0.29, 0.717) is 5.92 Å². The van der Waals surface area contributed by atoms with E-state index in [1.165, 1.54) is 0 Å². The molecule has 2 nitrogen and oxygen atoms in total. The summed E-state index contributed by atoms with van der Waals surface area (Å²) in [5.74, 6) is 0.749. The van der Waals surface area contributed by atoms with Crippen molar-refractivity contribution in [2.45, 2.75) is 57.3 Å². The first-order chi connectivity index (χ1) is 7.32. The molecule has 4 atom stereocenters. The van der Waals surface area contributed by atoms with E-state index >= 15 is 0 Å². The van der Waals surface area contributed by atoms with Gasteiger partial charge in [-0.3, -0.25) is 0 Å². The van der Waals surface area contributed by atoms with Crippen LogP contribution in [0.25, 0.3) is 0 Å². The van der Waals surface area contributed by atoms with E-state index in [2.05, 4.69) is 34.3 Å². The first-order valence-electron chi connectivity index (χ1n) is 5.99. The van der Waals surface area contributed by atoms with Crippen LogP contribution in [0, 0.1) is 11.8 Å². The number of halogens is 1. The number of ether oxygens (including phenoxy) is 1. The minimum absolute atomic E-state index is 0.162. The first kappa shape index (κ1) is 14.0. The van der Waals surface area contributed by atoms with Crippen molar-refractivity contribution in [3.8, 4) is 0 Å². The third kappa shape index (κ3) is 2.44. The van der Waals surface area contributed by atoms with E-state index < -0.39 is 11.0 Å². The van der Waals surface area contributed by atoms with Gasteiger partial charge in [-0.2, -0.15) is 0 Å². The highest BCUT2D eigenvalue weighted by Crippen LogP contribution is 2.42. The Balaban J connectivity index is 2.87. The van der Waals surface area contributed by atoms with Crippen molar-refractivity contribution in [3.63, 3.8) is 0 Å². The highest BCUT2D eigenvalue weighted by atomic mass is 35.5. The van der Waals surface area contributed by atoms with Gasteiger partial charge in [0.15, 0.2) is 0 Å². The molecule has 1 saturated heterocycles. The number of rotatable bonds is 4. The minimum atomic E-state index is -0.840. The van der Waals surface area contributed by atoms with E-state index in [1.807, 2.05) is 0 Å². The van der Waals surface area contributed by atoms with Crippen LogP contribution in [0.3, 0.4) is 0 Å². The van der Waals surface area contributed by atoms with Crippen LogP contribution < -0.4 is 0 Å². The summed E-state index contributed by atoms with van der Waals surface area (Å²) in [4.78, 5) is -0.840. The van der Waals surface area contributed by atoms with Gasteiger partial charge in [-0.25, -0.2) is 0 Å². The van der Waals surface area contributed by atoms with Crippen molar-refractivity contribution < 1.29 is 9.84 Å². The zero-order valence-electron chi connectivity index (χ0n) is 10.6. The Morgan fingerprint density at radius 3 is 2.31 bits per heavy atom. The second kappa shape index (κ2) is 5.07. The van der Waals surface area contributed by atoms with Crippen LogP contribution in [0.2, 0.25) is 0 Å². The van der Waals surface area contributed by atoms with E-state index in [9.17, 15) is 5.11 Å². The van der Waals surface area contributed by atoms with Gasteiger partial charge in [0, 0.05) is 0 Å². The summed E-state index contributed by atoms with van der Waals surface area (Å²) in [7, 11) is 0. The van der Waals surface area contributed by atoms with Crippen molar-refractivity contribution in [2.24, 2.45) is 11.8 Å². The zero-order valence-corrected chi connectivity index (χ0v) is 11.4. The van der Waals surface area contributed by atoms with Crippen LogP contribution in [-0.2, 0) is 4.74 Å². The fourth-order valence-electron chi connectivity index (χ4n) is 2.37. The van der Waals surface area contributed by atoms with E-state index in [1.54, 1.807) is 6.08 Å². The van der Waals surface area contributed by atoms with E-state index in [0.717, 1.165) is 6.42 Å². The number of aliphatic hydroxyl groups excluding tert-OH is 1. The van der Waals surface area contributed by atoms with Crippen LogP contribution >= 0.6 is 11.6 Å². The average molecular weight is 247 g/mol. The van der Waals surface area contributed by atoms with Gasteiger partial charge < -0.3 is 9.84 Å². The van der Waals surface area contributed by atoms with Gasteiger partial charge in [0.2, 0.25) is 0 Å². The molecule has 0 radical (unpaired) electrons. The molecule has 1 heterocycles. The molecule has 0 spiro atoms. The van der Waals surface area contributed by atoms with Crippen LogP contribution in [0.1, 0.15) is 34.1 Å². The molecule has 1 aliphatic heterocycles. The lowest BCUT2D eigenvalue weighted by atomic mass is 9.87. The number of hydrogen-bond acceptors (Lipinski definition) is 2. The van der Waals surface area contributed by atoms with Crippen LogP contribution in [0.4, 0.5) is 0 Å². The maximum atomic E-state index is 10.2. The lowest BCUT2D eigenvalue weighted by molar-refractivity contribution is -0.0160. The lowest BCUT2D eigenvalue weighted by Crippen LogP contribution is -2.43. The van der Waals surface area contributed by atoms with Crippen LogP contribution in [0.15, 0.2) is 12.7 Å². The summed E-state index contributed by atoms with van der Waals surface area (Å²) < 4.78 is 5.90. The molecule has 1 fully saturated rings. The SMILES string of the molecule is C=C[C@@]1(Cl)[C@H](O)[C@@H](CC(C)C)O[C@H]1C(C)C. The largest absolute Gasteiger partial charge is 0.388 e. The Bertz CT molecular complexity index is 252. The molecular weight excluding hydrogens is 224 g/mol. The number of alkyl halides is 1. The second-order valence-electron chi connectivity index (χ2n) is 5.44. The van der Waals surface area contributed by atoms with Crippen LogP contribution in [-0.4, -0.2) is 28.3 Å². The van der Waals surface area contributed by atoms with Gasteiger partial charge in [-0.05, 0) is 18.3 Å². The summed E-state index contributed by atoms with van der Waals surface area (Å²) in [6.07, 6.45) is 1.45. The molecule has 0 bridgehead atoms. The lowest BCUT2D eigenvalue weighted by Gasteiger charge is -2.28. The highest BCUT2D eigenvalue weighted by molar-refractivity contribution is 6.26. The summed E-state index contributed by atoms with van der Waals surface area (Å²) in [6.45, 7) is 12.1. The molecule has 1 aliphatic rings. The Labute approximate surface area is 104 Å². The molecule has 0 aliphatic carbocycles. The van der Waals surface area contributed by atoms with Gasteiger partial charge in [0.1, 0.15) is 11.0 Å². The molecular formula is C13H23ClO2. The summed E-state index contributed by atoms with van der Waals surface area (Å²) in [5.41, 5.74) is 0. The molecule has 1 rings (SSSR count). The minimum Gasteiger partial charge on any atom is -0.388 e.